The van der Waals surface area contributed by atoms with Crippen LogP contribution in [0.5, 0.6) is 0 Å². The molecule has 3 rings (SSSR count). The van der Waals surface area contributed by atoms with E-state index in [0.717, 1.165) is 64.5 Å². The Morgan fingerprint density at radius 2 is 1.88 bits per heavy atom. The molecule has 0 radical (unpaired) electrons. The van der Waals surface area contributed by atoms with Gasteiger partial charge in [-0.25, -0.2) is 4.39 Å². The first kappa shape index (κ1) is 22.6. The first-order valence-electron chi connectivity index (χ1n) is 8.71. The smallest absolute Gasteiger partial charge is 0.126 e. The van der Waals surface area contributed by atoms with Crippen molar-refractivity contribution in [2.75, 3.05) is 59.5 Å². The Hall–Kier alpha value is -0.430. The third-order valence-corrected chi connectivity index (χ3v) is 5.09. The molecule has 0 amide bonds. The number of halogens is 3. The van der Waals surface area contributed by atoms with Gasteiger partial charge in [-0.2, -0.15) is 0 Å². The Bertz CT molecular complexity index is 497. The van der Waals surface area contributed by atoms with Crippen LogP contribution in [0.25, 0.3) is 0 Å². The molecule has 2 fully saturated rings. The molecule has 0 unspecified atom stereocenters. The molecule has 0 aliphatic carbocycles. The van der Waals surface area contributed by atoms with E-state index < -0.39 is 0 Å². The van der Waals surface area contributed by atoms with Crippen molar-refractivity contribution in [2.45, 2.75) is 18.4 Å². The lowest BCUT2D eigenvalue weighted by Gasteiger charge is -2.47. The lowest BCUT2D eigenvalue weighted by atomic mass is 9.94. The highest BCUT2D eigenvalue weighted by atomic mass is 35.5. The average molecular weight is 394 g/mol. The lowest BCUT2D eigenvalue weighted by molar-refractivity contribution is -0.0325. The Morgan fingerprint density at radius 1 is 1.20 bits per heavy atom. The summed E-state index contributed by atoms with van der Waals surface area (Å²) < 4.78 is 19.4. The third-order valence-electron chi connectivity index (χ3n) is 5.09. The normalized spacial score (nSPS) is 20.2. The highest BCUT2D eigenvalue weighted by Crippen LogP contribution is 2.24. The standard InChI is InChI=1S/C18H28FN3O.2ClH/c1-20-12-15(17-4-2-3-5-18(17)19)6-7-21-13-16(14-21)22-8-10-23-11-9-22;;/h2-5,15-16,20H,6-14H2,1H3;2*1H/t15-;;/m1../s1. The van der Waals surface area contributed by atoms with Crippen LogP contribution in [0.15, 0.2) is 24.3 Å². The summed E-state index contributed by atoms with van der Waals surface area (Å²) in [7, 11) is 1.94. The zero-order valence-electron chi connectivity index (χ0n) is 14.8. The van der Waals surface area contributed by atoms with Crippen molar-refractivity contribution in [1.82, 2.24) is 15.1 Å². The minimum Gasteiger partial charge on any atom is -0.379 e. The number of likely N-dealkylation sites (tertiary alicyclic amines) is 1. The quantitative estimate of drug-likeness (QED) is 0.769. The molecule has 0 spiro atoms. The van der Waals surface area contributed by atoms with Crippen LogP contribution in [0, 0.1) is 5.82 Å². The number of nitrogens with one attached hydrogen (secondary N) is 1. The maximum absolute atomic E-state index is 14.0. The molecule has 0 bridgehead atoms. The van der Waals surface area contributed by atoms with Crippen LogP contribution in [0.3, 0.4) is 0 Å². The van der Waals surface area contributed by atoms with Crippen LogP contribution in [0.1, 0.15) is 17.9 Å². The Labute approximate surface area is 162 Å². The van der Waals surface area contributed by atoms with Crippen molar-refractivity contribution in [3.05, 3.63) is 35.6 Å². The molecular weight excluding hydrogens is 364 g/mol. The fourth-order valence-electron chi connectivity index (χ4n) is 3.66. The zero-order valence-corrected chi connectivity index (χ0v) is 16.5. The van der Waals surface area contributed by atoms with Gasteiger partial charge in [0.1, 0.15) is 5.82 Å². The second kappa shape index (κ2) is 11.3. The van der Waals surface area contributed by atoms with E-state index in [1.807, 2.05) is 19.2 Å². The van der Waals surface area contributed by atoms with Gasteiger partial charge in [0.2, 0.25) is 0 Å². The van der Waals surface area contributed by atoms with E-state index in [1.54, 1.807) is 12.1 Å². The summed E-state index contributed by atoms with van der Waals surface area (Å²) in [6.07, 6.45) is 0.998. The lowest BCUT2D eigenvalue weighted by Crippen LogP contribution is -2.61. The van der Waals surface area contributed by atoms with Gasteiger partial charge >= 0.3 is 0 Å². The number of nitrogens with zero attached hydrogens (tertiary/aromatic N) is 2. The van der Waals surface area contributed by atoms with E-state index in [2.05, 4.69) is 15.1 Å². The number of benzene rings is 1. The van der Waals surface area contributed by atoms with E-state index in [9.17, 15) is 4.39 Å². The summed E-state index contributed by atoms with van der Waals surface area (Å²) in [5.74, 6) is 0.159. The van der Waals surface area contributed by atoms with Gasteiger partial charge in [0.25, 0.3) is 0 Å². The van der Waals surface area contributed by atoms with Crippen LogP contribution < -0.4 is 5.32 Å². The highest BCUT2D eigenvalue weighted by molar-refractivity contribution is 5.85. The van der Waals surface area contributed by atoms with Crippen molar-refractivity contribution >= 4 is 24.8 Å². The molecule has 2 saturated heterocycles. The van der Waals surface area contributed by atoms with Gasteiger partial charge < -0.3 is 15.0 Å². The van der Waals surface area contributed by atoms with Crippen molar-refractivity contribution in [2.24, 2.45) is 0 Å². The van der Waals surface area contributed by atoms with Gasteiger partial charge in [0.05, 0.1) is 13.2 Å². The molecule has 2 aliphatic heterocycles. The summed E-state index contributed by atoms with van der Waals surface area (Å²) in [5, 5.41) is 3.21. The molecule has 1 atom stereocenters. The summed E-state index contributed by atoms with van der Waals surface area (Å²) >= 11 is 0. The zero-order chi connectivity index (χ0) is 16.1. The maximum atomic E-state index is 14.0. The molecule has 1 aromatic rings. The molecule has 144 valence electrons. The van der Waals surface area contributed by atoms with E-state index in [4.69, 9.17) is 4.74 Å². The summed E-state index contributed by atoms with van der Waals surface area (Å²) in [6.45, 7) is 8.02. The van der Waals surface area contributed by atoms with E-state index in [1.165, 1.54) is 0 Å². The molecule has 0 aromatic heterocycles. The van der Waals surface area contributed by atoms with E-state index in [-0.39, 0.29) is 36.5 Å². The minimum absolute atomic E-state index is 0. The number of hydrogen-bond acceptors (Lipinski definition) is 4. The van der Waals surface area contributed by atoms with Gasteiger partial charge in [0.15, 0.2) is 0 Å². The van der Waals surface area contributed by atoms with Gasteiger partial charge in [-0.15, -0.1) is 24.8 Å². The predicted octanol–water partition coefficient (Wildman–Crippen LogP) is 2.38. The first-order chi connectivity index (χ1) is 11.3. The number of hydrogen-bond donors (Lipinski definition) is 1. The Morgan fingerprint density at radius 3 is 2.52 bits per heavy atom. The number of morpholine rings is 1. The van der Waals surface area contributed by atoms with Crippen molar-refractivity contribution in [3.63, 3.8) is 0 Å². The fourth-order valence-corrected chi connectivity index (χ4v) is 3.66. The van der Waals surface area contributed by atoms with Crippen LogP contribution >= 0.6 is 24.8 Å². The van der Waals surface area contributed by atoms with Gasteiger partial charge in [-0.05, 0) is 31.6 Å². The third kappa shape index (κ3) is 6.05. The SMILES string of the molecule is CNC[C@@H](CCN1CC(N2CCOCC2)C1)c1ccccc1F.Cl.Cl. The molecule has 2 aliphatic rings. The number of rotatable bonds is 7. The minimum atomic E-state index is -0.0810. The van der Waals surface area contributed by atoms with Crippen LogP contribution in [-0.2, 0) is 4.74 Å². The van der Waals surface area contributed by atoms with Crippen molar-refractivity contribution in [3.8, 4) is 0 Å². The molecular formula is C18H30Cl2FN3O. The molecule has 0 saturated carbocycles. The van der Waals surface area contributed by atoms with Crippen molar-refractivity contribution < 1.29 is 9.13 Å². The molecule has 25 heavy (non-hydrogen) atoms. The monoisotopic (exact) mass is 393 g/mol. The molecule has 2 heterocycles. The summed E-state index contributed by atoms with van der Waals surface area (Å²) in [6, 6.07) is 7.87. The molecule has 4 nitrogen and oxygen atoms in total. The second-order valence-electron chi connectivity index (χ2n) is 6.63. The molecule has 1 aromatic carbocycles. The fraction of sp³-hybridized carbons (Fsp3) is 0.667. The van der Waals surface area contributed by atoms with Crippen molar-refractivity contribution in [1.29, 1.82) is 0 Å². The Kier molecular flexibility index (Phi) is 10.2. The van der Waals surface area contributed by atoms with Gasteiger partial charge in [-0.1, -0.05) is 18.2 Å². The first-order valence-corrected chi connectivity index (χ1v) is 8.71. The molecule has 1 N–H and O–H groups in total. The highest BCUT2D eigenvalue weighted by Gasteiger charge is 2.32. The van der Waals surface area contributed by atoms with Crippen LogP contribution in [0.4, 0.5) is 4.39 Å². The van der Waals surface area contributed by atoms with E-state index in [0.29, 0.717) is 6.04 Å². The predicted molar refractivity (Wildman–Crippen MR) is 105 cm³/mol. The topological polar surface area (TPSA) is 27.7 Å². The maximum Gasteiger partial charge on any atom is 0.126 e. The Balaban J connectivity index is 0.00000156. The largest absolute Gasteiger partial charge is 0.379 e. The van der Waals surface area contributed by atoms with Crippen LogP contribution in [-0.4, -0.2) is 75.4 Å². The van der Waals surface area contributed by atoms with Gasteiger partial charge in [-0.3, -0.25) is 4.90 Å². The molecule has 7 heteroatoms. The summed E-state index contributed by atoms with van der Waals surface area (Å²) in [5.41, 5.74) is 0.840. The van der Waals surface area contributed by atoms with E-state index >= 15 is 0 Å². The second-order valence-corrected chi connectivity index (χ2v) is 6.63. The van der Waals surface area contributed by atoms with Crippen LogP contribution in [0.2, 0.25) is 0 Å². The number of likely N-dealkylation sites (N-methyl/N-ethyl adjacent to an activating group) is 1. The number of ether oxygens (including phenoxy) is 1. The van der Waals surface area contributed by atoms with Gasteiger partial charge in [0, 0.05) is 44.7 Å². The average Bonchev–Trinajstić information content (AvgIpc) is 2.54. The summed E-state index contributed by atoms with van der Waals surface area (Å²) in [4.78, 5) is 5.03.